The van der Waals surface area contributed by atoms with E-state index >= 15 is 0 Å². The van der Waals surface area contributed by atoms with Gasteiger partial charge in [0.2, 0.25) is 15.9 Å². The molecule has 0 fully saturated rings. The van der Waals surface area contributed by atoms with Crippen LogP contribution in [-0.2, 0) is 32.5 Å². The molecule has 3 aromatic carbocycles. The Morgan fingerprint density at radius 2 is 1.63 bits per heavy atom. The molecule has 0 saturated carbocycles. The number of ether oxygens (including phenoxy) is 3. The van der Waals surface area contributed by atoms with Crippen molar-refractivity contribution in [2.24, 2.45) is 0 Å². The summed E-state index contributed by atoms with van der Waals surface area (Å²) >= 11 is 1.56. The van der Waals surface area contributed by atoms with E-state index in [0.29, 0.717) is 44.0 Å². The van der Waals surface area contributed by atoms with Crippen LogP contribution in [0.2, 0.25) is 0 Å². The van der Waals surface area contributed by atoms with Crippen molar-refractivity contribution in [1.82, 2.24) is 9.21 Å². The van der Waals surface area contributed by atoms with Crippen LogP contribution >= 0.6 is 11.3 Å². The molecular formula is C31H36N2O6S2. The smallest absolute Gasteiger partial charge is 0.243 e. The number of fused-ring (bicyclic) bond motifs is 1. The zero-order valence-electron chi connectivity index (χ0n) is 23.6. The Hall–Kier alpha value is -3.44. The molecule has 4 rings (SSSR count). The largest absolute Gasteiger partial charge is 0.493 e. The van der Waals surface area contributed by atoms with Crippen molar-refractivity contribution >= 4 is 38.0 Å². The molecular weight excluding hydrogens is 560 g/mol. The van der Waals surface area contributed by atoms with E-state index < -0.39 is 10.0 Å². The Balaban J connectivity index is 1.57. The van der Waals surface area contributed by atoms with Crippen LogP contribution in [0.5, 0.6) is 11.5 Å². The van der Waals surface area contributed by atoms with Crippen molar-refractivity contribution in [2.45, 2.75) is 24.3 Å². The number of rotatable bonds is 15. The lowest BCUT2D eigenvalue weighted by molar-refractivity contribution is -0.132. The molecule has 10 heteroatoms. The van der Waals surface area contributed by atoms with Crippen LogP contribution in [0.15, 0.2) is 83.1 Å². The molecule has 4 aromatic rings. The molecule has 0 aliphatic carbocycles. The van der Waals surface area contributed by atoms with Crippen molar-refractivity contribution in [2.75, 3.05) is 47.6 Å². The minimum absolute atomic E-state index is 0.163. The zero-order chi connectivity index (χ0) is 29.2. The van der Waals surface area contributed by atoms with E-state index in [-0.39, 0.29) is 23.9 Å². The van der Waals surface area contributed by atoms with Gasteiger partial charge >= 0.3 is 0 Å². The lowest BCUT2D eigenvalue weighted by Crippen LogP contribution is -2.43. The molecule has 0 bridgehead atoms. The second-order valence-corrected chi connectivity index (χ2v) is 12.5. The Kier molecular flexibility index (Phi) is 10.8. The standard InChI is InChI=1S/C31H36N2O6S2/c1-37-18-7-16-33(41(35,36)28-13-12-25-8-4-5-9-26(25)21-28)23-31(34)32(22-27-10-6-19-40-27)17-15-24-11-14-29(38-2)30(20-24)39-3/h4-6,8-14,19-21H,7,15-18,22-23H2,1-3H3. The highest BCUT2D eigenvalue weighted by Gasteiger charge is 2.29. The SMILES string of the molecule is COCCCN(CC(=O)N(CCc1ccc(OC)c(OC)c1)Cc1cccs1)S(=O)(=O)c1ccc2ccccc2c1. The fourth-order valence-corrected chi connectivity index (χ4v) is 6.76. The van der Waals surface area contributed by atoms with Crippen LogP contribution in [0.1, 0.15) is 16.9 Å². The predicted octanol–water partition coefficient (Wildman–Crippen LogP) is 5.22. The van der Waals surface area contributed by atoms with Gasteiger partial charge in [0.1, 0.15) is 0 Å². The van der Waals surface area contributed by atoms with Gasteiger partial charge in [-0.15, -0.1) is 11.3 Å². The third kappa shape index (κ3) is 7.85. The van der Waals surface area contributed by atoms with E-state index in [1.807, 2.05) is 60.0 Å². The van der Waals surface area contributed by atoms with Gasteiger partial charge < -0.3 is 19.1 Å². The minimum atomic E-state index is -3.94. The quantitative estimate of drug-likeness (QED) is 0.175. The number of carbonyl (C=O) groups is 1. The minimum Gasteiger partial charge on any atom is -0.493 e. The molecule has 0 radical (unpaired) electrons. The zero-order valence-corrected chi connectivity index (χ0v) is 25.2. The number of carbonyl (C=O) groups excluding carboxylic acids is 1. The third-order valence-corrected chi connectivity index (χ3v) is 9.53. The normalized spacial score (nSPS) is 11.6. The predicted molar refractivity (Wildman–Crippen MR) is 162 cm³/mol. The maximum Gasteiger partial charge on any atom is 0.243 e. The highest BCUT2D eigenvalue weighted by atomic mass is 32.2. The number of amides is 1. The van der Waals surface area contributed by atoms with Crippen LogP contribution in [0.25, 0.3) is 10.8 Å². The van der Waals surface area contributed by atoms with Gasteiger partial charge in [0.25, 0.3) is 0 Å². The molecule has 0 aliphatic heterocycles. The summed E-state index contributed by atoms with van der Waals surface area (Å²) in [5, 5.41) is 3.74. The average Bonchev–Trinajstić information content (AvgIpc) is 3.51. The van der Waals surface area contributed by atoms with Crippen LogP contribution in [0, 0.1) is 0 Å². The first kappa shape index (κ1) is 30.5. The average molecular weight is 597 g/mol. The summed E-state index contributed by atoms with van der Waals surface area (Å²) in [6.45, 7) is 1.09. The molecule has 0 unspecified atom stereocenters. The van der Waals surface area contributed by atoms with Gasteiger partial charge in [0.15, 0.2) is 11.5 Å². The van der Waals surface area contributed by atoms with E-state index in [1.165, 1.54) is 4.31 Å². The van der Waals surface area contributed by atoms with E-state index in [4.69, 9.17) is 14.2 Å². The molecule has 0 saturated heterocycles. The number of methoxy groups -OCH3 is 3. The molecule has 8 nitrogen and oxygen atoms in total. The van der Waals surface area contributed by atoms with Gasteiger partial charge in [-0.05, 0) is 64.9 Å². The number of benzene rings is 3. The first-order valence-electron chi connectivity index (χ1n) is 13.3. The van der Waals surface area contributed by atoms with Gasteiger partial charge in [-0.2, -0.15) is 4.31 Å². The highest BCUT2D eigenvalue weighted by molar-refractivity contribution is 7.89. The molecule has 1 amide bonds. The lowest BCUT2D eigenvalue weighted by Gasteiger charge is -2.27. The molecule has 1 aromatic heterocycles. The molecule has 218 valence electrons. The van der Waals surface area contributed by atoms with Gasteiger partial charge in [0.05, 0.1) is 32.2 Å². The Labute approximate surface area is 246 Å². The highest BCUT2D eigenvalue weighted by Crippen LogP contribution is 2.28. The number of thiophene rings is 1. The number of nitrogens with zero attached hydrogens (tertiary/aromatic N) is 2. The molecule has 0 N–H and O–H groups in total. The van der Waals surface area contributed by atoms with Gasteiger partial charge in [0, 0.05) is 31.7 Å². The van der Waals surface area contributed by atoms with Crippen molar-refractivity contribution in [3.8, 4) is 11.5 Å². The third-order valence-electron chi connectivity index (χ3n) is 6.82. The second kappa shape index (κ2) is 14.5. The van der Waals surface area contributed by atoms with Crippen molar-refractivity contribution in [3.05, 3.63) is 88.6 Å². The summed E-state index contributed by atoms with van der Waals surface area (Å²) < 4.78 is 44.9. The fourth-order valence-electron chi connectivity index (χ4n) is 4.58. The van der Waals surface area contributed by atoms with Crippen molar-refractivity contribution < 1.29 is 27.4 Å². The molecule has 0 atom stereocenters. The van der Waals surface area contributed by atoms with Gasteiger partial charge in [-0.25, -0.2) is 8.42 Å². The first-order valence-corrected chi connectivity index (χ1v) is 15.7. The van der Waals surface area contributed by atoms with Crippen molar-refractivity contribution in [3.63, 3.8) is 0 Å². The Morgan fingerprint density at radius 3 is 2.34 bits per heavy atom. The van der Waals surface area contributed by atoms with E-state index in [0.717, 1.165) is 21.2 Å². The lowest BCUT2D eigenvalue weighted by atomic mass is 10.1. The molecule has 0 aliphatic rings. The summed E-state index contributed by atoms with van der Waals surface area (Å²) in [5.74, 6) is 0.987. The molecule has 41 heavy (non-hydrogen) atoms. The number of hydrogen-bond donors (Lipinski definition) is 0. The summed E-state index contributed by atoms with van der Waals surface area (Å²) in [6, 6.07) is 22.3. The van der Waals surface area contributed by atoms with E-state index in [2.05, 4.69) is 0 Å². The number of hydrogen-bond acceptors (Lipinski definition) is 7. The van der Waals surface area contributed by atoms with Crippen LogP contribution in [-0.4, -0.2) is 71.1 Å². The Morgan fingerprint density at radius 1 is 0.854 bits per heavy atom. The van der Waals surface area contributed by atoms with E-state index in [9.17, 15) is 13.2 Å². The van der Waals surface area contributed by atoms with Crippen LogP contribution in [0.4, 0.5) is 0 Å². The maximum atomic E-state index is 13.8. The van der Waals surface area contributed by atoms with E-state index in [1.54, 1.807) is 55.8 Å². The summed E-state index contributed by atoms with van der Waals surface area (Å²) in [7, 11) is 0.801. The summed E-state index contributed by atoms with van der Waals surface area (Å²) in [4.78, 5) is 16.7. The topological polar surface area (TPSA) is 85.4 Å². The molecule has 1 heterocycles. The monoisotopic (exact) mass is 596 g/mol. The summed E-state index contributed by atoms with van der Waals surface area (Å²) in [6.07, 6.45) is 1.03. The van der Waals surface area contributed by atoms with Crippen molar-refractivity contribution in [1.29, 1.82) is 0 Å². The Bertz CT molecular complexity index is 1540. The van der Waals surface area contributed by atoms with Crippen LogP contribution < -0.4 is 9.47 Å². The maximum absolute atomic E-state index is 13.8. The summed E-state index contributed by atoms with van der Waals surface area (Å²) in [5.41, 5.74) is 0.979. The fraction of sp³-hybridized carbons (Fsp3) is 0.323. The van der Waals surface area contributed by atoms with Gasteiger partial charge in [-0.1, -0.05) is 42.5 Å². The molecule has 0 spiro atoms. The first-order chi connectivity index (χ1) is 19.8. The van der Waals surface area contributed by atoms with Gasteiger partial charge in [-0.3, -0.25) is 4.79 Å². The number of sulfonamides is 1. The second-order valence-electron chi connectivity index (χ2n) is 9.53. The van der Waals surface area contributed by atoms with Crippen LogP contribution in [0.3, 0.4) is 0 Å².